The summed E-state index contributed by atoms with van der Waals surface area (Å²) in [6.07, 6.45) is 2.23. The number of aliphatic carboxylic acids is 1. The lowest BCUT2D eigenvalue weighted by atomic mass is 10.1. The van der Waals surface area contributed by atoms with E-state index < -0.39 is 17.9 Å². The van der Waals surface area contributed by atoms with Crippen LogP contribution in [0.5, 0.6) is 5.75 Å². The second-order valence-electron chi connectivity index (χ2n) is 3.81. The number of carboxylic acids is 1. The molecule has 7 heteroatoms. The molecule has 0 bridgehead atoms. The molecule has 0 aromatic heterocycles. The number of amides is 1. The first kappa shape index (κ1) is 16.1. The van der Waals surface area contributed by atoms with E-state index in [4.69, 9.17) is 5.11 Å². The van der Waals surface area contributed by atoms with Gasteiger partial charge >= 0.3 is 5.97 Å². The minimum absolute atomic E-state index is 0.00392. The van der Waals surface area contributed by atoms with E-state index in [1.807, 2.05) is 28.8 Å². The summed E-state index contributed by atoms with van der Waals surface area (Å²) >= 11 is 3.46. The van der Waals surface area contributed by atoms with E-state index in [1.165, 1.54) is 17.8 Å². The number of phenols is 1. The summed E-state index contributed by atoms with van der Waals surface area (Å²) in [5, 5.41) is 21.0. The Hall–Kier alpha value is -0.960. The number of nitrogens with one attached hydrogen (secondary N) is 1. The maximum absolute atomic E-state index is 11.9. The molecular formula is C12H14INO4S. The van der Waals surface area contributed by atoms with Crippen LogP contribution in [0.15, 0.2) is 18.2 Å². The van der Waals surface area contributed by atoms with Crippen LogP contribution in [-0.4, -0.2) is 40.1 Å². The molecule has 19 heavy (non-hydrogen) atoms. The normalized spacial score (nSPS) is 11.9. The van der Waals surface area contributed by atoms with Gasteiger partial charge in [-0.3, -0.25) is 4.79 Å². The van der Waals surface area contributed by atoms with E-state index >= 15 is 0 Å². The summed E-state index contributed by atoms with van der Waals surface area (Å²) in [4.78, 5) is 22.9. The number of hydrogen-bond donors (Lipinski definition) is 3. The highest BCUT2D eigenvalue weighted by Gasteiger charge is 2.20. The number of carboxylic acid groups (broad SMARTS) is 1. The maximum Gasteiger partial charge on any atom is 0.326 e. The first-order chi connectivity index (χ1) is 8.95. The molecule has 1 rings (SSSR count). The van der Waals surface area contributed by atoms with Crippen molar-refractivity contribution in [3.63, 3.8) is 0 Å². The van der Waals surface area contributed by atoms with Crippen molar-refractivity contribution in [1.29, 1.82) is 0 Å². The van der Waals surface area contributed by atoms with Crippen molar-refractivity contribution in [2.75, 3.05) is 12.0 Å². The van der Waals surface area contributed by atoms with E-state index in [-0.39, 0.29) is 11.3 Å². The zero-order valence-corrected chi connectivity index (χ0v) is 13.2. The second-order valence-corrected chi connectivity index (χ2v) is 5.96. The molecule has 0 heterocycles. The van der Waals surface area contributed by atoms with Crippen molar-refractivity contribution in [3.8, 4) is 5.75 Å². The van der Waals surface area contributed by atoms with Gasteiger partial charge in [0.05, 0.1) is 3.57 Å². The number of thioether (sulfide) groups is 1. The number of phenolic OH excluding ortho intramolecular Hbond substituents is 1. The largest absolute Gasteiger partial charge is 0.507 e. The average molecular weight is 395 g/mol. The highest BCUT2D eigenvalue weighted by atomic mass is 127. The van der Waals surface area contributed by atoms with Gasteiger partial charge in [-0.25, -0.2) is 4.79 Å². The van der Waals surface area contributed by atoms with E-state index in [0.717, 1.165) is 0 Å². The molecule has 1 amide bonds. The van der Waals surface area contributed by atoms with E-state index in [1.54, 1.807) is 12.1 Å². The molecule has 3 N–H and O–H groups in total. The molecule has 1 atom stereocenters. The van der Waals surface area contributed by atoms with Gasteiger partial charge in [0.25, 0.3) is 5.91 Å². The number of hydrogen-bond acceptors (Lipinski definition) is 4. The average Bonchev–Trinajstić information content (AvgIpc) is 2.37. The van der Waals surface area contributed by atoms with Gasteiger partial charge in [-0.15, -0.1) is 0 Å². The Balaban J connectivity index is 2.75. The predicted octanol–water partition coefficient (Wildman–Crippen LogP) is 1.93. The molecule has 104 valence electrons. The smallest absolute Gasteiger partial charge is 0.326 e. The molecule has 1 aromatic rings. The summed E-state index contributed by atoms with van der Waals surface area (Å²) < 4.78 is 0.631. The Labute approximate surface area is 128 Å². The minimum atomic E-state index is -1.06. The SMILES string of the molecule is CSCC[C@@H](NC(=O)c1ccc(I)c(O)c1)C(=O)O. The molecule has 0 aliphatic carbocycles. The second kappa shape index (κ2) is 7.59. The molecule has 5 nitrogen and oxygen atoms in total. The van der Waals surface area contributed by atoms with Gasteiger partial charge in [0.1, 0.15) is 11.8 Å². The lowest BCUT2D eigenvalue weighted by Crippen LogP contribution is -2.41. The lowest BCUT2D eigenvalue weighted by Gasteiger charge is -2.14. The monoisotopic (exact) mass is 395 g/mol. The van der Waals surface area contributed by atoms with Gasteiger partial charge in [-0.05, 0) is 59.2 Å². The quantitative estimate of drug-likeness (QED) is 0.641. The summed E-state index contributed by atoms with van der Waals surface area (Å²) in [5.74, 6) is -0.906. The fourth-order valence-electron chi connectivity index (χ4n) is 1.39. The number of carbonyl (C=O) groups is 2. The summed E-state index contributed by atoms with van der Waals surface area (Å²) in [5.41, 5.74) is 0.244. The van der Waals surface area contributed by atoms with Crippen molar-refractivity contribution in [2.45, 2.75) is 12.5 Å². The topological polar surface area (TPSA) is 86.6 Å². The third-order valence-corrected chi connectivity index (χ3v) is 3.98. The molecule has 0 saturated carbocycles. The lowest BCUT2D eigenvalue weighted by molar-refractivity contribution is -0.139. The molecular weight excluding hydrogens is 381 g/mol. The Morgan fingerprint density at radius 2 is 2.16 bits per heavy atom. The zero-order chi connectivity index (χ0) is 14.4. The molecule has 0 fully saturated rings. The molecule has 0 unspecified atom stereocenters. The summed E-state index contributed by atoms with van der Waals surface area (Å²) in [6, 6.07) is 3.55. The third-order valence-electron chi connectivity index (χ3n) is 2.42. The Morgan fingerprint density at radius 3 is 2.68 bits per heavy atom. The molecule has 0 aliphatic rings. The van der Waals surface area contributed by atoms with Crippen molar-refractivity contribution < 1.29 is 19.8 Å². The van der Waals surface area contributed by atoms with Gasteiger partial charge in [0, 0.05) is 5.56 Å². The number of rotatable bonds is 6. The first-order valence-electron chi connectivity index (χ1n) is 5.46. The van der Waals surface area contributed by atoms with Crippen LogP contribution in [0.4, 0.5) is 0 Å². The van der Waals surface area contributed by atoms with Crippen LogP contribution in [-0.2, 0) is 4.79 Å². The van der Waals surface area contributed by atoms with Crippen molar-refractivity contribution in [1.82, 2.24) is 5.32 Å². The highest BCUT2D eigenvalue weighted by Crippen LogP contribution is 2.20. The molecule has 0 saturated heterocycles. The summed E-state index contributed by atoms with van der Waals surface area (Å²) in [7, 11) is 0. The number of halogens is 1. The van der Waals surface area contributed by atoms with Gasteiger partial charge in [0.2, 0.25) is 0 Å². The Bertz CT molecular complexity index is 481. The van der Waals surface area contributed by atoms with Gasteiger partial charge < -0.3 is 15.5 Å². The van der Waals surface area contributed by atoms with Crippen LogP contribution in [0.25, 0.3) is 0 Å². The van der Waals surface area contributed by atoms with Gasteiger partial charge in [-0.2, -0.15) is 11.8 Å². The number of benzene rings is 1. The predicted molar refractivity (Wildman–Crippen MR) is 82.7 cm³/mol. The third kappa shape index (κ3) is 4.90. The first-order valence-corrected chi connectivity index (χ1v) is 7.94. The van der Waals surface area contributed by atoms with Crippen LogP contribution < -0.4 is 5.32 Å². The van der Waals surface area contributed by atoms with Crippen molar-refractivity contribution in [2.24, 2.45) is 0 Å². The van der Waals surface area contributed by atoms with Crippen LogP contribution in [0.2, 0.25) is 0 Å². The maximum atomic E-state index is 11.9. The van der Waals surface area contributed by atoms with E-state index in [9.17, 15) is 14.7 Å². The highest BCUT2D eigenvalue weighted by molar-refractivity contribution is 14.1. The molecule has 0 spiro atoms. The molecule has 0 radical (unpaired) electrons. The van der Waals surface area contributed by atoms with Crippen molar-refractivity contribution in [3.05, 3.63) is 27.3 Å². The zero-order valence-electron chi connectivity index (χ0n) is 10.2. The van der Waals surface area contributed by atoms with Gasteiger partial charge in [-0.1, -0.05) is 0 Å². The number of carbonyl (C=O) groups excluding carboxylic acids is 1. The summed E-state index contributed by atoms with van der Waals surface area (Å²) in [6.45, 7) is 0. The molecule has 0 aliphatic heterocycles. The number of aromatic hydroxyl groups is 1. The molecule has 1 aromatic carbocycles. The van der Waals surface area contributed by atoms with Crippen LogP contribution in [0, 0.1) is 3.57 Å². The van der Waals surface area contributed by atoms with Crippen molar-refractivity contribution >= 4 is 46.2 Å². The van der Waals surface area contributed by atoms with E-state index in [0.29, 0.717) is 15.7 Å². The Kier molecular flexibility index (Phi) is 6.43. The van der Waals surface area contributed by atoms with Crippen LogP contribution >= 0.6 is 34.4 Å². The standard InChI is InChI=1S/C12H14INO4S/c1-19-5-4-9(12(17)18)14-11(16)7-2-3-8(13)10(15)6-7/h2-3,6,9,15H,4-5H2,1H3,(H,14,16)(H,17,18)/t9-/m1/s1. The van der Waals surface area contributed by atoms with E-state index in [2.05, 4.69) is 5.32 Å². The van der Waals surface area contributed by atoms with Gasteiger partial charge in [0.15, 0.2) is 0 Å². The fraction of sp³-hybridized carbons (Fsp3) is 0.333. The van der Waals surface area contributed by atoms with Crippen LogP contribution in [0.3, 0.4) is 0 Å². The minimum Gasteiger partial charge on any atom is -0.507 e. The Morgan fingerprint density at radius 1 is 1.47 bits per heavy atom. The fourth-order valence-corrected chi connectivity index (χ4v) is 2.20. The van der Waals surface area contributed by atoms with Crippen LogP contribution in [0.1, 0.15) is 16.8 Å².